The molecule has 2 heterocycles. The van der Waals surface area contributed by atoms with Crippen LogP contribution in [0.2, 0.25) is 0 Å². The first-order valence-electron chi connectivity index (χ1n) is 8.54. The molecule has 1 aromatic heterocycles. The molecule has 7 heteroatoms. The smallest absolute Gasteiger partial charge is 0.254 e. The topological polar surface area (TPSA) is 59.4 Å². The minimum absolute atomic E-state index is 0.179. The summed E-state index contributed by atoms with van der Waals surface area (Å²) in [6, 6.07) is 6.38. The zero-order valence-electron chi connectivity index (χ0n) is 14.4. The fourth-order valence-corrected chi connectivity index (χ4v) is 2.92. The molecule has 1 aliphatic heterocycles. The van der Waals surface area contributed by atoms with E-state index >= 15 is 0 Å². The third kappa shape index (κ3) is 4.24. The van der Waals surface area contributed by atoms with E-state index in [0.29, 0.717) is 23.5 Å². The van der Waals surface area contributed by atoms with E-state index in [2.05, 4.69) is 15.3 Å². The molecule has 1 aliphatic rings. The van der Waals surface area contributed by atoms with Crippen LogP contribution in [0.15, 0.2) is 30.5 Å². The van der Waals surface area contributed by atoms with E-state index in [-0.39, 0.29) is 11.7 Å². The van der Waals surface area contributed by atoms with Crippen LogP contribution in [0, 0.1) is 12.7 Å². The van der Waals surface area contributed by atoms with Crippen LogP contribution >= 0.6 is 0 Å². The second-order valence-corrected chi connectivity index (χ2v) is 6.07. The predicted octanol–water partition coefficient (Wildman–Crippen LogP) is 1.77. The van der Waals surface area contributed by atoms with Gasteiger partial charge in [0.1, 0.15) is 11.5 Å². The fourth-order valence-electron chi connectivity index (χ4n) is 2.92. The third-order valence-corrected chi connectivity index (χ3v) is 4.38. The number of morpholine rings is 1. The highest BCUT2D eigenvalue weighted by molar-refractivity contribution is 5.95. The van der Waals surface area contributed by atoms with E-state index in [1.807, 2.05) is 0 Å². The fraction of sp³-hybridized carbons (Fsp3) is 0.444. The summed E-state index contributed by atoms with van der Waals surface area (Å²) in [5.74, 6) is -0.548. The van der Waals surface area contributed by atoms with Crippen LogP contribution in [-0.2, 0) is 4.74 Å². The maximum Gasteiger partial charge on any atom is 0.254 e. The summed E-state index contributed by atoms with van der Waals surface area (Å²) in [6.07, 6.45) is 2.37. The number of carbonyl (C=O) groups excluding carboxylic acids is 1. The van der Waals surface area contributed by atoms with Gasteiger partial charge >= 0.3 is 0 Å². The molecule has 0 aliphatic carbocycles. The highest BCUT2D eigenvalue weighted by atomic mass is 19.1. The highest BCUT2D eigenvalue weighted by Crippen LogP contribution is 2.16. The molecule has 2 aromatic rings. The van der Waals surface area contributed by atoms with Crippen molar-refractivity contribution in [3.8, 4) is 5.69 Å². The van der Waals surface area contributed by atoms with E-state index in [4.69, 9.17) is 4.74 Å². The normalized spacial score (nSPS) is 15.3. The van der Waals surface area contributed by atoms with Crippen LogP contribution in [0.3, 0.4) is 0 Å². The summed E-state index contributed by atoms with van der Waals surface area (Å²) in [6.45, 7) is 6.76. The lowest BCUT2D eigenvalue weighted by atomic mass is 10.2. The third-order valence-electron chi connectivity index (χ3n) is 4.38. The van der Waals surface area contributed by atoms with Crippen LogP contribution in [-0.4, -0.2) is 60.0 Å². The molecule has 0 radical (unpaired) electrons. The largest absolute Gasteiger partial charge is 0.379 e. The minimum Gasteiger partial charge on any atom is -0.379 e. The van der Waals surface area contributed by atoms with Gasteiger partial charge in [0.15, 0.2) is 0 Å². The average Bonchev–Trinajstić information content (AvgIpc) is 3.01. The molecule has 0 bridgehead atoms. The van der Waals surface area contributed by atoms with Gasteiger partial charge in [0.05, 0.1) is 30.7 Å². The number of hydrogen-bond donors (Lipinski definition) is 1. The number of benzene rings is 1. The van der Waals surface area contributed by atoms with Gasteiger partial charge in [0.25, 0.3) is 5.91 Å². The van der Waals surface area contributed by atoms with Gasteiger partial charge in [-0.05, 0) is 32.0 Å². The van der Waals surface area contributed by atoms with Gasteiger partial charge in [0, 0.05) is 19.6 Å². The van der Waals surface area contributed by atoms with Crippen molar-refractivity contribution in [2.24, 2.45) is 0 Å². The second-order valence-electron chi connectivity index (χ2n) is 6.07. The lowest BCUT2D eigenvalue weighted by Gasteiger charge is -2.26. The molecule has 0 atom stereocenters. The maximum atomic E-state index is 13.9. The number of rotatable bonds is 6. The summed E-state index contributed by atoms with van der Waals surface area (Å²) in [7, 11) is 0. The minimum atomic E-state index is -0.369. The highest BCUT2D eigenvalue weighted by Gasteiger charge is 2.16. The molecule has 0 unspecified atom stereocenters. The number of hydrogen-bond acceptors (Lipinski definition) is 4. The quantitative estimate of drug-likeness (QED) is 0.810. The number of nitrogens with one attached hydrogen (secondary N) is 1. The maximum absolute atomic E-state index is 13.9. The molecule has 0 saturated carbocycles. The molecule has 1 N–H and O–H groups in total. The van der Waals surface area contributed by atoms with Crippen molar-refractivity contribution >= 4 is 5.91 Å². The summed E-state index contributed by atoms with van der Waals surface area (Å²) >= 11 is 0. The number of amides is 1. The van der Waals surface area contributed by atoms with Crippen molar-refractivity contribution in [1.82, 2.24) is 20.0 Å². The molecule has 1 amide bonds. The predicted molar refractivity (Wildman–Crippen MR) is 92.5 cm³/mol. The molecule has 3 rings (SSSR count). The summed E-state index contributed by atoms with van der Waals surface area (Å²) in [5, 5.41) is 7.08. The Morgan fingerprint density at radius 2 is 2.08 bits per heavy atom. The van der Waals surface area contributed by atoms with Gasteiger partial charge in [0.2, 0.25) is 0 Å². The van der Waals surface area contributed by atoms with Gasteiger partial charge < -0.3 is 10.1 Å². The van der Waals surface area contributed by atoms with Crippen molar-refractivity contribution < 1.29 is 13.9 Å². The first-order valence-corrected chi connectivity index (χ1v) is 8.54. The monoisotopic (exact) mass is 346 g/mol. The number of halogens is 1. The molecular weight excluding hydrogens is 323 g/mol. The van der Waals surface area contributed by atoms with Crippen molar-refractivity contribution in [2.75, 3.05) is 39.4 Å². The van der Waals surface area contributed by atoms with Crippen molar-refractivity contribution in [2.45, 2.75) is 13.3 Å². The molecule has 0 spiro atoms. The van der Waals surface area contributed by atoms with Gasteiger partial charge in [-0.3, -0.25) is 9.69 Å². The first-order chi connectivity index (χ1) is 12.2. The first kappa shape index (κ1) is 17.6. The standard InChI is InChI=1S/C18H23FN4O2/c1-14-15(13-21-23(14)17-6-3-2-5-16(17)19)18(24)20-7-4-8-22-9-11-25-12-10-22/h2-3,5-6,13H,4,7-12H2,1H3,(H,20,24). The Morgan fingerprint density at radius 3 is 2.84 bits per heavy atom. The van der Waals surface area contributed by atoms with Crippen molar-refractivity contribution in [1.29, 1.82) is 0 Å². The van der Waals surface area contributed by atoms with E-state index < -0.39 is 0 Å². The van der Waals surface area contributed by atoms with Crippen molar-refractivity contribution in [3.63, 3.8) is 0 Å². The summed E-state index contributed by atoms with van der Waals surface area (Å²) < 4.78 is 20.7. The Hall–Kier alpha value is -2.25. The zero-order valence-corrected chi connectivity index (χ0v) is 14.4. The van der Waals surface area contributed by atoms with Crippen LogP contribution in [0.5, 0.6) is 0 Å². The average molecular weight is 346 g/mol. The summed E-state index contributed by atoms with van der Waals surface area (Å²) in [4.78, 5) is 14.7. The van der Waals surface area contributed by atoms with Gasteiger partial charge in [-0.1, -0.05) is 12.1 Å². The Kier molecular flexibility index (Phi) is 5.78. The molecule has 1 fully saturated rings. The van der Waals surface area contributed by atoms with Crippen LogP contribution < -0.4 is 5.32 Å². The number of para-hydroxylation sites is 1. The van der Waals surface area contributed by atoms with Crippen LogP contribution in [0.25, 0.3) is 5.69 Å². The summed E-state index contributed by atoms with van der Waals surface area (Å²) in [5.41, 5.74) is 1.43. The van der Waals surface area contributed by atoms with Gasteiger partial charge in [-0.25, -0.2) is 9.07 Å². The number of nitrogens with zero attached hydrogens (tertiary/aromatic N) is 3. The Bertz CT molecular complexity index is 726. The molecule has 6 nitrogen and oxygen atoms in total. The van der Waals surface area contributed by atoms with E-state index in [1.54, 1.807) is 25.1 Å². The van der Waals surface area contributed by atoms with E-state index in [9.17, 15) is 9.18 Å². The second kappa shape index (κ2) is 8.22. The molecule has 1 saturated heterocycles. The lowest BCUT2D eigenvalue weighted by Crippen LogP contribution is -2.38. The molecule has 134 valence electrons. The molecular formula is C18H23FN4O2. The van der Waals surface area contributed by atoms with Gasteiger partial charge in [-0.2, -0.15) is 5.10 Å². The van der Waals surface area contributed by atoms with E-state index in [0.717, 1.165) is 39.3 Å². The van der Waals surface area contributed by atoms with Crippen LogP contribution in [0.1, 0.15) is 22.5 Å². The van der Waals surface area contributed by atoms with Gasteiger partial charge in [-0.15, -0.1) is 0 Å². The SMILES string of the molecule is Cc1c(C(=O)NCCCN2CCOCC2)cnn1-c1ccccc1F. The molecule has 25 heavy (non-hydrogen) atoms. The zero-order chi connectivity index (χ0) is 17.6. The number of aromatic nitrogens is 2. The molecule has 1 aromatic carbocycles. The Balaban J connectivity index is 1.55. The lowest BCUT2D eigenvalue weighted by molar-refractivity contribution is 0.0374. The van der Waals surface area contributed by atoms with E-state index in [1.165, 1.54) is 16.9 Å². The van der Waals surface area contributed by atoms with Crippen molar-refractivity contribution in [3.05, 3.63) is 47.5 Å². The Morgan fingerprint density at radius 1 is 1.32 bits per heavy atom. The Labute approximate surface area is 146 Å². The number of ether oxygens (including phenoxy) is 1. The number of carbonyl (C=O) groups is 1. The van der Waals surface area contributed by atoms with Crippen LogP contribution in [0.4, 0.5) is 4.39 Å².